The molecule has 0 aromatic heterocycles. The summed E-state index contributed by atoms with van der Waals surface area (Å²) in [6.07, 6.45) is 0. The molecular weight excluding hydrogens is 136 g/mol. The average molecular weight is 158 g/mol. The van der Waals surface area contributed by atoms with Crippen LogP contribution in [0.1, 0.15) is 0 Å². The molecule has 0 aromatic carbocycles. The van der Waals surface area contributed by atoms with E-state index in [2.05, 4.69) is 28.2 Å². The van der Waals surface area contributed by atoms with Crippen molar-refractivity contribution < 1.29 is 20.5 Å². The van der Waals surface area contributed by atoms with Crippen molar-refractivity contribution in [2.45, 2.75) is 0 Å². The van der Waals surface area contributed by atoms with Crippen LogP contribution >= 0.6 is 0 Å². The van der Waals surface area contributed by atoms with Gasteiger partial charge in [-0.15, -0.1) is 0 Å². The second-order valence-electron chi connectivity index (χ2n) is 2.68. The minimum Gasteiger partial charge on any atom is -0.870 e. The molecule has 0 atom stereocenters. The van der Waals surface area contributed by atoms with E-state index in [1.165, 1.54) is 0 Å². The van der Waals surface area contributed by atoms with Crippen LogP contribution in [-0.2, 0) is 0 Å². The summed E-state index contributed by atoms with van der Waals surface area (Å²) in [7, 11) is 9.50. The van der Waals surface area contributed by atoms with Gasteiger partial charge in [-0.25, -0.2) is 0 Å². The van der Waals surface area contributed by atoms with Gasteiger partial charge in [-0.05, 0) is 0 Å². The maximum Gasteiger partial charge on any atom is 0.0675 e. The van der Waals surface area contributed by atoms with E-state index in [9.17, 15) is 0 Å². The third kappa shape index (κ3) is 9020. The SMILES string of the molecule is CO.C[N+](C)(C)C.N.O.[OH-]. The van der Waals surface area contributed by atoms with E-state index in [-0.39, 0.29) is 17.1 Å². The maximum atomic E-state index is 7.00. The number of hydrogen-bond donors (Lipinski definition) is 2. The lowest BCUT2D eigenvalue weighted by Crippen LogP contribution is -2.27. The normalized spacial score (nSPS) is 6.60. The fourth-order valence-electron chi connectivity index (χ4n) is 0. The standard InChI is InChI=1S/C4H12N.CH4O.H3N.2H2O/c1-5(2,3)4;1-2;;;/h1-4H3;2H,1H3;1H3;2*1H2/q+1;;;;/p-1. The zero-order valence-electron chi connectivity index (χ0n) is 7.55. The Kier molecular flexibility index (Phi) is 52.4. The van der Waals surface area contributed by atoms with E-state index in [1.807, 2.05) is 0 Å². The van der Waals surface area contributed by atoms with Gasteiger partial charge in [0.2, 0.25) is 0 Å². The van der Waals surface area contributed by atoms with Gasteiger partial charge in [0.15, 0.2) is 0 Å². The van der Waals surface area contributed by atoms with Crippen molar-refractivity contribution in [1.29, 1.82) is 0 Å². The Labute approximate surface area is 63.1 Å². The highest BCUT2D eigenvalue weighted by Gasteiger charge is 1.88. The smallest absolute Gasteiger partial charge is 0.0675 e. The van der Waals surface area contributed by atoms with Crippen LogP contribution in [-0.4, -0.2) is 55.8 Å². The first-order valence-corrected chi connectivity index (χ1v) is 2.24. The number of aliphatic hydroxyl groups excluding tert-OH is 1. The van der Waals surface area contributed by atoms with Crippen molar-refractivity contribution in [2.75, 3.05) is 35.3 Å². The Morgan fingerprint density at radius 3 is 0.900 bits per heavy atom. The minimum atomic E-state index is 0. The van der Waals surface area contributed by atoms with E-state index in [0.717, 1.165) is 11.6 Å². The molecule has 0 saturated carbocycles. The summed E-state index contributed by atoms with van der Waals surface area (Å²) in [4.78, 5) is 0. The van der Waals surface area contributed by atoms with Gasteiger partial charge in [-0.1, -0.05) is 0 Å². The number of quaternary nitrogens is 1. The van der Waals surface area contributed by atoms with Crippen molar-refractivity contribution in [3.05, 3.63) is 0 Å². The van der Waals surface area contributed by atoms with E-state index in [1.54, 1.807) is 0 Å². The van der Waals surface area contributed by atoms with Crippen LogP contribution in [0.15, 0.2) is 0 Å². The highest BCUT2D eigenvalue weighted by atomic mass is 16.2. The van der Waals surface area contributed by atoms with Crippen LogP contribution in [0.5, 0.6) is 0 Å². The predicted octanol–water partition coefficient (Wildman–Crippen LogP) is -0.909. The zero-order valence-corrected chi connectivity index (χ0v) is 7.55. The Balaban J connectivity index is -0.0000000154. The number of nitrogens with zero attached hydrogens (tertiary/aromatic N) is 1. The fraction of sp³-hybridized carbons (Fsp3) is 1.00. The van der Waals surface area contributed by atoms with Gasteiger partial charge in [-0.3, -0.25) is 0 Å². The Bertz CT molecular complexity index is 30.4. The third-order valence-electron chi connectivity index (χ3n) is 0. The van der Waals surface area contributed by atoms with Crippen LogP contribution in [0, 0.1) is 0 Å². The second kappa shape index (κ2) is 15.9. The Hall–Kier alpha value is -0.200. The molecule has 0 saturated heterocycles. The largest absolute Gasteiger partial charge is 0.870 e. The quantitative estimate of drug-likeness (QED) is 0.444. The molecule has 0 aliphatic rings. The second-order valence-corrected chi connectivity index (χ2v) is 2.68. The Morgan fingerprint density at radius 2 is 0.900 bits per heavy atom. The monoisotopic (exact) mass is 158 g/mol. The highest BCUT2D eigenvalue weighted by Crippen LogP contribution is 1.73. The predicted molar refractivity (Wildman–Crippen MR) is 42.7 cm³/mol. The van der Waals surface area contributed by atoms with Gasteiger partial charge in [0.25, 0.3) is 0 Å². The van der Waals surface area contributed by atoms with Gasteiger partial charge in [0.1, 0.15) is 0 Å². The molecule has 70 valence electrons. The molecule has 5 nitrogen and oxygen atoms in total. The first-order chi connectivity index (χ1) is 3.00. The molecule has 0 amide bonds. The maximum absolute atomic E-state index is 7.00. The molecule has 0 radical (unpaired) electrons. The van der Waals surface area contributed by atoms with Crippen molar-refractivity contribution in [1.82, 2.24) is 6.15 Å². The van der Waals surface area contributed by atoms with E-state index >= 15 is 0 Å². The van der Waals surface area contributed by atoms with Gasteiger partial charge < -0.3 is 26.7 Å². The minimum absolute atomic E-state index is 0. The van der Waals surface area contributed by atoms with Gasteiger partial charge in [-0.2, -0.15) is 0 Å². The molecule has 0 rings (SSSR count). The topological polar surface area (TPSA) is 117 Å². The van der Waals surface area contributed by atoms with Gasteiger partial charge in [0.05, 0.1) is 28.2 Å². The molecule has 0 bridgehead atoms. The summed E-state index contributed by atoms with van der Waals surface area (Å²) in [6, 6.07) is 0. The van der Waals surface area contributed by atoms with E-state index in [0.29, 0.717) is 0 Å². The van der Waals surface area contributed by atoms with Crippen molar-refractivity contribution in [3.8, 4) is 0 Å². The molecule has 0 aliphatic carbocycles. The molecule has 10 heavy (non-hydrogen) atoms. The van der Waals surface area contributed by atoms with Crippen molar-refractivity contribution in [3.63, 3.8) is 0 Å². The first-order valence-electron chi connectivity index (χ1n) is 2.24. The van der Waals surface area contributed by atoms with Crippen molar-refractivity contribution in [2.24, 2.45) is 0 Å². The summed E-state index contributed by atoms with van der Waals surface area (Å²) in [6.45, 7) is 0. The van der Waals surface area contributed by atoms with Crippen LogP contribution < -0.4 is 6.15 Å². The van der Waals surface area contributed by atoms with Crippen LogP contribution in [0.2, 0.25) is 0 Å². The average Bonchev–Trinajstić information content (AvgIpc) is 1.36. The number of aliphatic hydroxyl groups is 1. The Morgan fingerprint density at radius 1 is 0.900 bits per heavy atom. The van der Waals surface area contributed by atoms with Crippen LogP contribution in [0.25, 0.3) is 0 Å². The molecule has 0 heterocycles. The first kappa shape index (κ1) is 32.9. The molecule has 0 fully saturated rings. The van der Waals surface area contributed by atoms with Crippen LogP contribution in [0.4, 0.5) is 0 Å². The van der Waals surface area contributed by atoms with Gasteiger partial charge >= 0.3 is 0 Å². The lowest BCUT2D eigenvalue weighted by molar-refractivity contribution is -0.849. The summed E-state index contributed by atoms with van der Waals surface area (Å²) >= 11 is 0. The zero-order chi connectivity index (χ0) is 6.50. The summed E-state index contributed by atoms with van der Waals surface area (Å²) in [5.74, 6) is 0. The molecule has 7 N–H and O–H groups in total. The molecule has 0 spiro atoms. The summed E-state index contributed by atoms with van der Waals surface area (Å²) in [5, 5.41) is 7.00. The molecular formula is C5H22N2O3. The van der Waals surface area contributed by atoms with E-state index < -0.39 is 0 Å². The molecule has 0 aliphatic heterocycles. The van der Waals surface area contributed by atoms with Crippen molar-refractivity contribution >= 4 is 0 Å². The van der Waals surface area contributed by atoms with Gasteiger partial charge in [0, 0.05) is 7.11 Å². The molecule has 0 aromatic rings. The third-order valence-corrected chi connectivity index (χ3v) is 0. The molecule has 0 unspecified atom stereocenters. The molecule has 5 heteroatoms. The van der Waals surface area contributed by atoms with Crippen LogP contribution in [0.3, 0.4) is 0 Å². The fourth-order valence-corrected chi connectivity index (χ4v) is 0. The lowest BCUT2D eigenvalue weighted by atomic mass is 10.8. The summed E-state index contributed by atoms with van der Waals surface area (Å²) in [5.41, 5.74) is 0. The number of hydrogen-bond acceptors (Lipinski definition) is 3. The highest BCUT2D eigenvalue weighted by molar-refractivity contribution is 3.87. The lowest BCUT2D eigenvalue weighted by Gasteiger charge is -2.14. The summed E-state index contributed by atoms with van der Waals surface area (Å²) < 4.78 is 1.00. The number of rotatable bonds is 0. The van der Waals surface area contributed by atoms with E-state index in [4.69, 9.17) is 5.11 Å².